The number of carbonyl (C=O) groups excluding carboxylic acids is 12. The fraction of sp³-hybridized carbons (Fsp3) is 0.784. The molecule has 0 spiro atoms. The summed E-state index contributed by atoms with van der Waals surface area (Å²) in [7, 11) is 2.33. The summed E-state index contributed by atoms with van der Waals surface area (Å²) in [5.41, 5.74) is 0.826. The van der Waals surface area contributed by atoms with Crippen LogP contribution in [-0.2, 0) is 62.0 Å². The zero-order valence-corrected chi connectivity index (χ0v) is 88.7. The summed E-state index contributed by atoms with van der Waals surface area (Å²) in [4.78, 5) is 150. The van der Waals surface area contributed by atoms with Crippen molar-refractivity contribution in [1.82, 2.24) is 55.8 Å². The van der Waals surface area contributed by atoms with Crippen LogP contribution in [0, 0.1) is 23.7 Å². The minimum atomic E-state index is -0.582. The normalized spacial score (nSPS) is 18.4. The highest BCUT2D eigenvalue weighted by Crippen LogP contribution is 2.37. The molecule has 134 heavy (non-hydrogen) atoms. The number of methoxy groups -OCH3 is 1. The predicted octanol–water partition coefficient (Wildman–Crippen LogP) is 19.8. The number of halogens is 2. The molecule has 1 saturated carbocycles. The number of ether oxygens (including phenoxy) is 6. The van der Waals surface area contributed by atoms with Crippen molar-refractivity contribution in [2.45, 2.75) is 399 Å². The molecule has 6 atom stereocenters. The molecule has 35 nitrogen and oxygen atoms in total. The average molecular weight is 1950 g/mol. The number of nitrogens with one attached hydrogen (secondary N) is 2. The maximum atomic E-state index is 12.2. The van der Waals surface area contributed by atoms with Crippen LogP contribution in [-0.4, -0.2) is 250 Å². The molecule has 5 N–H and O–H groups in total. The largest absolute Gasteiger partial charge is 0.467 e. The van der Waals surface area contributed by atoms with E-state index in [1.54, 1.807) is 107 Å². The van der Waals surface area contributed by atoms with E-state index >= 15 is 0 Å². The van der Waals surface area contributed by atoms with Crippen LogP contribution in [0.4, 0.5) is 24.0 Å². The number of nitrogens with zero attached hydrogens (tertiary/aromatic N) is 9. The van der Waals surface area contributed by atoms with Gasteiger partial charge in [0, 0.05) is 99.5 Å². The van der Waals surface area contributed by atoms with Crippen LogP contribution in [0.25, 0.3) is 0 Å². The van der Waals surface area contributed by atoms with Gasteiger partial charge in [0.05, 0.1) is 50.2 Å². The Bertz CT molecular complexity index is 3780. The molecule has 6 saturated heterocycles. The Morgan fingerprint density at radius 3 is 0.933 bits per heavy atom. The Kier molecular flexibility index (Phi) is 59.7. The highest BCUT2D eigenvalue weighted by molar-refractivity contribution is 6.64. The third-order valence-electron chi connectivity index (χ3n) is 21.1. The highest BCUT2D eigenvalue weighted by atomic mass is 35.5. The van der Waals surface area contributed by atoms with E-state index in [0.29, 0.717) is 75.8 Å². The first-order valence-electron chi connectivity index (χ1n) is 47.3. The number of carbonyl (C=O) groups is 12. The molecule has 7 aliphatic rings. The van der Waals surface area contributed by atoms with E-state index in [4.69, 9.17) is 64.4 Å². The first kappa shape index (κ1) is 128. The highest BCUT2D eigenvalue weighted by Gasteiger charge is 2.42. The molecule has 6 aliphatic heterocycles. The smallest absolute Gasteiger partial charge is 0.411 e. The molecular formula is C97H171Cl2N11O24. The molecule has 0 aromatic carbocycles. The number of aliphatic hydroxyl groups excluding tert-OH is 1. The molecule has 772 valence electrons. The monoisotopic (exact) mass is 1940 g/mol. The van der Waals surface area contributed by atoms with Crippen molar-refractivity contribution in [3.63, 3.8) is 0 Å². The lowest BCUT2D eigenvalue weighted by Gasteiger charge is -2.28. The lowest BCUT2D eigenvalue weighted by molar-refractivity contribution is -0.145. The molecule has 3 aromatic rings. The number of aromatic nitrogens is 3. The van der Waals surface area contributed by atoms with Crippen LogP contribution >= 0.6 is 24.0 Å². The molecule has 0 bridgehead atoms. The predicted molar refractivity (Wildman–Crippen MR) is 515 cm³/mol. The van der Waals surface area contributed by atoms with E-state index in [0.717, 1.165) is 111 Å². The number of rotatable bonds is 20. The number of aliphatic hydroxyl groups is 1. The van der Waals surface area contributed by atoms with Crippen LogP contribution in [0.15, 0.2) is 31.8 Å². The first-order valence-corrected chi connectivity index (χ1v) is 47.7. The van der Waals surface area contributed by atoms with Crippen LogP contribution < -0.4 is 11.0 Å². The Labute approximate surface area is 810 Å². The number of likely N-dealkylation sites (tertiary alicyclic amines) is 5. The fourth-order valence-corrected chi connectivity index (χ4v) is 13.5. The van der Waals surface area contributed by atoms with Crippen molar-refractivity contribution in [2.24, 2.45) is 23.7 Å². The van der Waals surface area contributed by atoms with Crippen molar-refractivity contribution in [2.75, 3.05) is 73.1 Å². The summed E-state index contributed by atoms with van der Waals surface area (Å²) in [6.07, 6.45) is 10.3. The van der Waals surface area contributed by atoms with Crippen LogP contribution in [0.3, 0.4) is 0 Å². The minimum Gasteiger partial charge on any atom is -0.467 e. The summed E-state index contributed by atoms with van der Waals surface area (Å²) in [6, 6.07) is 4.86. The van der Waals surface area contributed by atoms with Gasteiger partial charge in [0.25, 0.3) is 0 Å². The quantitative estimate of drug-likeness (QED) is 0.0231. The van der Waals surface area contributed by atoms with Gasteiger partial charge in [-0.1, -0.05) is 125 Å². The molecule has 1 aliphatic carbocycles. The van der Waals surface area contributed by atoms with Crippen molar-refractivity contribution < 1.29 is 115 Å². The van der Waals surface area contributed by atoms with Crippen molar-refractivity contribution in [1.29, 1.82) is 0 Å². The maximum Gasteiger partial charge on any atom is 0.411 e. The molecule has 37 heteroatoms. The molecule has 0 radical (unpaired) electrons. The number of ketones is 5. The van der Waals surface area contributed by atoms with Gasteiger partial charge in [-0.25, -0.2) is 28.8 Å². The number of Topliss-reactive ketones (excluding diaryl/α,β-unsaturated/α-hetero) is 5. The van der Waals surface area contributed by atoms with E-state index in [-0.39, 0.29) is 113 Å². The lowest BCUT2D eigenvalue weighted by atomic mass is 9.99. The van der Waals surface area contributed by atoms with Gasteiger partial charge in [-0.3, -0.25) is 63.7 Å². The lowest BCUT2D eigenvalue weighted by Crippen LogP contribution is -2.44. The summed E-state index contributed by atoms with van der Waals surface area (Å²) in [5, 5.41) is 36.3. The third kappa shape index (κ3) is 50.8. The van der Waals surface area contributed by atoms with Crippen molar-refractivity contribution >= 4 is 94.6 Å². The standard InChI is InChI=1S/2C15H24N2O3.2C15H25NO4.C11H19NO4.C10H16N2O.C6H15N.C5H10O.C4H5ClO.CH4O.ClH.H3NO2/c2*1-10(2)13-9-11(16-20-13)12-7-6-8-17(12)14(18)19-15(3,4)5;2*1-10(2)12(17)9-13(18)11-7-6-8-16(11)14(19)20-15(3,4)5;1-11(2,3)16-10(14)12-7-5-6-8(12)9(13)15-4;1-7(2)10-6-9(12-13-10)8-4-3-5-11-8;1-4-7(5-2)6-3;1-4(2)5(3)6;5-4(6)3-1-2-3;1-2;;2-1-3/h2*9-10,12H,6-8H2,1-5H3;2*10-11H,6-9H2,1-5H3;8H,5-7H2,1-4H3;6-8,11H,3-5H2,1-2H3;4-6H2,1-3H3;4H,1-3H3;3H,1-2H2;2H,1H3;1H;1-3H. The summed E-state index contributed by atoms with van der Waals surface area (Å²) < 4.78 is 47.3. The molecule has 7 fully saturated rings. The Hall–Kier alpha value is -8.19. The zero-order valence-electron chi connectivity index (χ0n) is 87.1. The molecule has 5 amide bonds. The maximum absolute atomic E-state index is 12.2. The van der Waals surface area contributed by atoms with E-state index in [1.165, 1.54) is 54.3 Å². The van der Waals surface area contributed by atoms with E-state index in [2.05, 4.69) is 98.8 Å². The van der Waals surface area contributed by atoms with Gasteiger partial charge >= 0.3 is 36.4 Å². The zero-order chi connectivity index (χ0) is 103. The SMILES string of the molecule is CC(=O)C(C)C.CC(C)C(=O)CC(=O)C1CCCN1C(=O)OC(C)(C)C.CC(C)C(=O)CC(=O)C1CCCN1C(=O)OC(C)(C)C.CC(C)c1cc(C2CCCN2)no1.CC(C)c1cc(C2CCCN2C(=O)OC(C)(C)C)no1.CC(C)c1cc(C2CCCN2C(=O)OC(C)(C)C)no1.CCN(CC)CC.CO.COC(=O)C1CCCN1C(=O)OC(C)(C)C.Cl.O=C(Cl)C1CC1.ONO. The van der Waals surface area contributed by atoms with E-state index in [9.17, 15) is 57.5 Å². The van der Waals surface area contributed by atoms with Crippen molar-refractivity contribution in [3.05, 3.63) is 52.6 Å². The number of esters is 1. The number of amides is 5. The van der Waals surface area contributed by atoms with Gasteiger partial charge < -0.3 is 57.3 Å². The number of hydrogen-bond acceptors (Lipinski definition) is 30. The van der Waals surface area contributed by atoms with E-state index in [1.807, 2.05) is 67.5 Å². The van der Waals surface area contributed by atoms with E-state index < -0.39 is 64.4 Å². The second kappa shape index (κ2) is 62.6. The summed E-state index contributed by atoms with van der Waals surface area (Å²) in [6.45, 7) is 66.6. The summed E-state index contributed by atoms with van der Waals surface area (Å²) >= 11 is 5.04. The minimum absolute atomic E-state index is 0. The molecular weight excluding hydrogens is 1770 g/mol. The first-order chi connectivity index (χ1) is 61.6. The van der Waals surface area contributed by atoms with Gasteiger partial charge in [0.15, 0.2) is 11.6 Å². The van der Waals surface area contributed by atoms with Crippen LogP contribution in [0.2, 0.25) is 0 Å². The van der Waals surface area contributed by atoms with Gasteiger partial charge in [0.1, 0.15) is 85.8 Å². The molecule has 6 unspecified atom stereocenters. The number of hydrogen-bond donors (Lipinski definition) is 5. The van der Waals surface area contributed by atoms with Gasteiger partial charge in [-0.2, -0.15) is 0 Å². The topological polar surface area (TPSA) is 443 Å². The third-order valence-corrected chi connectivity index (χ3v) is 21.4. The molecule has 3 aromatic heterocycles. The Balaban J connectivity index is 0. The average Bonchev–Trinajstić information content (AvgIpc) is 1.69. The van der Waals surface area contributed by atoms with Gasteiger partial charge in [0.2, 0.25) is 5.24 Å². The summed E-state index contributed by atoms with van der Waals surface area (Å²) in [5.74, 6) is 3.25. The second-order valence-corrected chi connectivity index (χ2v) is 40.7. The van der Waals surface area contributed by atoms with Crippen molar-refractivity contribution in [3.8, 4) is 0 Å². The Morgan fingerprint density at radius 2 is 0.709 bits per heavy atom. The fourth-order valence-electron chi connectivity index (χ4n) is 13.3. The molecule has 9 heterocycles. The van der Waals surface area contributed by atoms with Gasteiger partial charge in [-0.15, -0.1) is 12.4 Å². The second-order valence-electron chi connectivity index (χ2n) is 40.3. The Morgan fingerprint density at radius 1 is 0.440 bits per heavy atom. The van der Waals surface area contributed by atoms with Gasteiger partial charge in [-0.05, 0) is 238 Å². The van der Waals surface area contributed by atoms with Crippen LogP contribution in [0.1, 0.15) is 388 Å². The molecule has 10 rings (SSSR count). The van der Waals surface area contributed by atoms with Crippen LogP contribution in [0.5, 0.6) is 0 Å².